The molecular formula is C18H20N2O4S. The molecule has 0 bridgehead atoms. The summed E-state index contributed by atoms with van der Waals surface area (Å²) < 4.78 is 4.80. The number of ether oxygens (including phenoxy) is 1. The predicted octanol–water partition coefficient (Wildman–Crippen LogP) is 3.83. The van der Waals surface area contributed by atoms with Gasteiger partial charge in [0.2, 0.25) is 5.91 Å². The molecule has 0 atom stereocenters. The van der Waals surface area contributed by atoms with Crippen LogP contribution in [0.1, 0.15) is 45.4 Å². The summed E-state index contributed by atoms with van der Waals surface area (Å²) >= 11 is 1.07. The summed E-state index contributed by atoms with van der Waals surface area (Å²) in [6.07, 6.45) is 1.02. The van der Waals surface area contributed by atoms with Crippen molar-refractivity contribution >= 4 is 39.8 Å². The third kappa shape index (κ3) is 4.45. The Morgan fingerprint density at radius 3 is 2.40 bits per heavy atom. The number of carbonyl (C=O) groups excluding carboxylic acids is 3. The lowest BCUT2D eigenvalue weighted by Gasteiger charge is -2.05. The molecule has 0 aliphatic rings. The Bertz CT molecular complexity index is 784. The van der Waals surface area contributed by atoms with E-state index in [1.165, 1.54) is 7.11 Å². The first kappa shape index (κ1) is 18.7. The Hall–Kier alpha value is -2.67. The number of hydrogen-bond donors (Lipinski definition) is 2. The topological polar surface area (TPSA) is 84.5 Å². The van der Waals surface area contributed by atoms with E-state index >= 15 is 0 Å². The largest absolute Gasteiger partial charge is 0.465 e. The van der Waals surface area contributed by atoms with E-state index in [2.05, 4.69) is 10.6 Å². The van der Waals surface area contributed by atoms with Crippen LogP contribution in [0.4, 0.5) is 10.7 Å². The zero-order valence-corrected chi connectivity index (χ0v) is 15.2. The number of anilines is 2. The number of thiophene rings is 1. The monoisotopic (exact) mass is 360 g/mol. The van der Waals surface area contributed by atoms with Crippen molar-refractivity contribution in [1.29, 1.82) is 0 Å². The van der Waals surface area contributed by atoms with Crippen LogP contribution in [0.15, 0.2) is 30.3 Å². The highest BCUT2D eigenvalue weighted by atomic mass is 32.1. The molecule has 0 saturated heterocycles. The molecule has 2 rings (SSSR count). The van der Waals surface area contributed by atoms with Crippen molar-refractivity contribution in [1.82, 2.24) is 0 Å². The fraction of sp³-hybridized carbons (Fsp3) is 0.278. The molecule has 0 aliphatic carbocycles. The first-order valence-corrected chi connectivity index (χ1v) is 8.67. The minimum atomic E-state index is -0.584. The predicted molar refractivity (Wildman–Crippen MR) is 98.3 cm³/mol. The van der Waals surface area contributed by atoms with Crippen LogP contribution in [0.3, 0.4) is 0 Å². The highest BCUT2D eigenvalue weighted by molar-refractivity contribution is 7.18. The second-order valence-electron chi connectivity index (χ2n) is 5.37. The van der Waals surface area contributed by atoms with Crippen LogP contribution in [0.25, 0.3) is 0 Å². The van der Waals surface area contributed by atoms with Crippen LogP contribution in [-0.2, 0) is 9.53 Å². The SMILES string of the molecule is CCCC(=O)Nc1sc(C(=O)Nc2ccccc2)c(C)c1C(=O)OC. The van der Waals surface area contributed by atoms with E-state index in [4.69, 9.17) is 4.74 Å². The van der Waals surface area contributed by atoms with Crippen LogP contribution >= 0.6 is 11.3 Å². The minimum absolute atomic E-state index is 0.205. The Balaban J connectivity index is 2.34. The Labute approximate surface area is 150 Å². The maximum Gasteiger partial charge on any atom is 0.341 e. The smallest absolute Gasteiger partial charge is 0.341 e. The standard InChI is InChI=1S/C18H20N2O4S/c1-4-8-13(21)20-17-14(18(23)24-3)11(2)15(25-17)16(22)19-12-9-6-5-7-10-12/h5-7,9-10H,4,8H2,1-3H3,(H,19,22)(H,20,21). The van der Waals surface area contributed by atoms with Gasteiger partial charge in [0, 0.05) is 12.1 Å². The van der Waals surface area contributed by atoms with E-state index in [1.54, 1.807) is 19.1 Å². The van der Waals surface area contributed by atoms with Crippen molar-refractivity contribution in [3.63, 3.8) is 0 Å². The number of amides is 2. The quantitative estimate of drug-likeness (QED) is 0.767. The maximum absolute atomic E-state index is 12.6. The molecule has 1 heterocycles. The van der Waals surface area contributed by atoms with E-state index in [0.29, 0.717) is 34.0 Å². The average Bonchev–Trinajstić information content (AvgIpc) is 2.91. The van der Waals surface area contributed by atoms with E-state index in [9.17, 15) is 14.4 Å². The van der Waals surface area contributed by atoms with E-state index < -0.39 is 5.97 Å². The zero-order chi connectivity index (χ0) is 18.4. The van der Waals surface area contributed by atoms with Crippen molar-refractivity contribution in [2.24, 2.45) is 0 Å². The number of esters is 1. The number of benzene rings is 1. The summed E-state index contributed by atoms with van der Waals surface area (Å²) in [5.41, 5.74) is 1.35. The summed E-state index contributed by atoms with van der Waals surface area (Å²) in [4.78, 5) is 36.9. The molecule has 0 saturated carbocycles. The lowest BCUT2D eigenvalue weighted by Crippen LogP contribution is -2.13. The lowest BCUT2D eigenvalue weighted by atomic mass is 10.1. The van der Waals surface area contributed by atoms with Gasteiger partial charge in [0.1, 0.15) is 5.00 Å². The summed E-state index contributed by atoms with van der Waals surface area (Å²) in [5, 5.41) is 5.82. The molecule has 0 fully saturated rings. The molecule has 6 nitrogen and oxygen atoms in total. The molecule has 2 N–H and O–H groups in total. The molecule has 2 aromatic rings. The summed E-state index contributed by atoms with van der Waals surface area (Å²) in [7, 11) is 1.26. The molecular weight excluding hydrogens is 340 g/mol. The molecule has 132 valence electrons. The van der Waals surface area contributed by atoms with Crippen LogP contribution < -0.4 is 10.6 Å². The van der Waals surface area contributed by atoms with Gasteiger partial charge in [0.05, 0.1) is 17.6 Å². The van der Waals surface area contributed by atoms with Crippen LogP contribution in [-0.4, -0.2) is 24.9 Å². The summed E-state index contributed by atoms with van der Waals surface area (Å²) in [5.74, 6) is -1.13. The van der Waals surface area contributed by atoms with Gasteiger partial charge in [-0.2, -0.15) is 0 Å². The van der Waals surface area contributed by atoms with Crippen LogP contribution in [0, 0.1) is 6.92 Å². The van der Waals surface area contributed by atoms with E-state index in [1.807, 2.05) is 25.1 Å². The second-order valence-corrected chi connectivity index (χ2v) is 6.39. The third-order valence-corrected chi connectivity index (χ3v) is 4.71. The molecule has 0 radical (unpaired) electrons. The van der Waals surface area contributed by atoms with Gasteiger partial charge in [0.25, 0.3) is 5.91 Å². The molecule has 7 heteroatoms. The van der Waals surface area contributed by atoms with Gasteiger partial charge in [-0.1, -0.05) is 25.1 Å². The number of para-hydroxylation sites is 1. The zero-order valence-electron chi connectivity index (χ0n) is 14.3. The minimum Gasteiger partial charge on any atom is -0.465 e. The molecule has 1 aromatic heterocycles. The van der Waals surface area contributed by atoms with Gasteiger partial charge in [-0.05, 0) is 31.0 Å². The number of nitrogens with one attached hydrogen (secondary N) is 2. The van der Waals surface area contributed by atoms with Gasteiger partial charge < -0.3 is 15.4 Å². The maximum atomic E-state index is 12.6. The average molecular weight is 360 g/mol. The summed E-state index contributed by atoms with van der Waals surface area (Å²) in [6, 6.07) is 9.01. The van der Waals surface area contributed by atoms with E-state index in [-0.39, 0.29) is 17.4 Å². The fourth-order valence-corrected chi connectivity index (χ4v) is 3.40. The Morgan fingerprint density at radius 1 is 1.12 bits per heavy atom. The number of carbonyl (C=O) groups is 3. The molecule has 1 aromatic carbocycles. The van der Waals surface area contributed by atoms with Gasteiger partial charge in [-0.15, -0.1) is 11.3 Å². The van der Waals surface area contributed by atoms with Crippen molar-refractivity contribution in [3.8, 4) is 0 Å². The van der Waals surface area contributed by atoms with Gasteiger partial charge in [-0.25, -0.2) is 4.79 Å². The highest BCUT2D eigenvalue weighted by Gasteiger charge is 2.26. The lowest BCUT2D eigenvalue weighted by molar-refractivity contribution is -0.116. The molecule has 25 heavy (non-hydrogen) atoms. The molecule has 0 aliphatic heterocycles. The van der Waals surface area contributed by atoms with Crippen molar-refractivity contribution < 1.29 is 19.1 Å². The highest BCUT2D eigenvalue weighted by Crippen LogP contribution is 2.34. The van der Waals surface area contributed by atoms with Gasteiger partial charge >= 0.3 is 5.97 Å². The van der Waals surface area contributed by atoms with Crippen molar-refractivity contribution in [2.45, 2.75) is 26.7 Å². The third-order valence-electron chi connectivity index (χ3n) is 3.50. The fourth-order valence-electron chi connectivity index (χ4n) is 2.29. The molecule has 0 unspecified atom stereocenters. The number of rotatable bonds is 6. The van der Waals surface area contributed by atoms with Crippen LogP contribution in [0.5, 0.6) is 0 Å². The van der Waals surface area contributed by atoms with E-state index in [0.717, 1.165) is 11.3 Å². The summed E-state index contributed by atoms with van der Waals surface area (Å²) in [6.45, 7) is 3.55. The first-order valence-electron chi connectivity index (χ1n) is 7.85. The molecule has 0 spiro atoms. The van der Waals surface area contributed by atoms with Gasteiger partial charge in [-0.3, -0.25) is 9.59 Å². The molecule has 2 amide bonds. The van der Waals surface area contributed by atoms with Crippen molar-refractivity contribution in [2.75, 3.05) is 17.7 Å². The number of methoxy groups -OCH3 is 1. The van der Waals surface area contributed by atoms with Gasteiger partial charge in [0.15, 0.2) is 0 Å². The Morgan fingerprint density at radius 2 is 1.80 bits per heavy atom. The van der Waals surface area contributed by atoms with Crippen molar-refractivity contribution in [3.05, 3.63) is 46.3 Å². The Kier molecular flexibility index (Phi) is 6.30. The number of hydrogen-bond acceptors (Lipinski definition) is 5. The van der Waals surface area contributed by atoms with Crippen LogP contribution in [0.2, 0.25) is 0 Å². The first-order chi connectivity index (χ1) is 12.0. The second kappa shape index (κ2) is 8.43. The normalized spacial score (nSPS) is 10.2.